The number of methoxy groups -OCH3 is 1. The molecule has 0 fully saturated rings. The van der Waals surface area contributed by atoms with E-state index in [1.165, 1.54) is 13.3 Å². The van der Waals surface area contributed by atoms with Crippen LogP contribution in [0.2, 0.25) is 5.02 Å². The van der Waals surface area contributed by atoms with Gasteiger partial charge in [0.2, 0.25) is 0 Å². The van der Waals surface area contributed by atoms with Gasteiger partial charge in [0.1, 0.15) is 6.61 Å². The normalized spacial score (nSPS) is 10.5. The van der Waals surface area contributed by atoms with Crippen LogP contribution in [-0.2, 0) is 0 Å². The van der Waals surface area contributed by atoms with Gasteiger partial charge in [0.15, 0.2) is 11.5 Å². The van der Waals surface area contributed by atoms with Crippen LogP contribution in [0.3, 0.4) is 0 Å². The molecule has 2 aromatic carbocycles. The van der Waals surface area contributed by atoms with E-state index < -0.39 is 0 Å². The summed E-state index contributed by atoms with van der Waals surface area (Å²) in [7, 11) is 1.52. The Morgan fingerprint density at radius 3 is 2.84 bits per heavy atom. The van der Waals surface area contributed by atoms with Gasteiger partial charge < -0.3 is 9.47 Å². The summed E-state index contributed by atoms with van der Waals surface area (Å²) in [4.78, 5) is 12.1. The van der Waals surface area contributed by atoms with Crippen LogP contribution >= 0.6 is 27.5 Å². The van der Waals surface area contributed by atoms with Crippen molar-refractivity contribution in [3.8, 4) is 11.5 Å². The molecule has 130 valence electrons. The van der Waals surface area contributed by atoms with Crippen molar-refractivity contribution >= 4 is 39.7 Å². The fourth-order valence-electron chi connectivity index (χ4n) is 1.97. The van der Waals surface area contributed by atoms with Crippen molar-refractivity contribution in [3.05, 3.63) is 69.7 Å². The van der Waals surface area contributed by atoms with Gasteiger partial charge in [-0.1, -0.05) is 36.4 Å². The first-order valence-electron chi connectivity index (χ1n) is 7.26. The molecule has 0 spiro atoms. The average Bonchev–Trinajstić information content (AvgIpc) is 2.60. The van der Waals surface area contributed by atoms with Crippen molar-refractivity contribution in [1.82, 2.24) is 5.43 Å². The molecule has 1 amide bonds. The second-order valence-corrected chi connectivity index (χ2v) is 6.07. The highest BCUT2D eigenvalue weighted by atomic mass is 79.9. The van der Waals surface area contributed by atoms with Crippen LogP contribution in [0.25, 0.3) is 0 Å². The van der Waals surface area contributed by atoms with E-state index in [4.69, 9.17) is 21.1 Å². The van der Waals surface area contributed by atoms with E-state index in [9.17, 15) is 4.79 Å². The van der Waals surface area contributed by atoms with Crippen molar-refractivity contribution in [2.24, 2.45) is 5.10 Å². The Balaban J connectivity index is 2.13. The predicted octanol–water partition coefficient (Wildman–Crippen LogP) is 4.44. The summed E-state index contributed by atoms with van der Waals surface area (Å²) in [6, 6.07) is 10.4. The number of carbonyl (C=O) groups excluding carboxylic acids is 1. The van der Waals surface area contributed by atoms with E-state index in [2.05, 4.69) is 33.0 Å². The highest BCUT2D eigenvalue weighted by Crippen LogP contribution is 2.36. The maximum absolute atomic E-state index is 12.1. The third-order valence-electron chi connectivity index (χ3n) is 3.10. The lowest BCUT2D eigenvalue weighted by atomic mass is 10.2. The Hall–Kier alpha value is -2.31. The molecule has 2 rings (SSSR count). The smallest absolute Gasteiger partial charge is 0.272 e. The summed E-state index contributed by atoms with van der Waals surface area (Å²) >= 11 is 9.54. The van der Waals surface area contributed by atoms with Crippen LogP contribution in [0, 0.1) is 0 Å². The summed E-state index contributed by atoms with van der Waals surface area (Å²) in [6.45, 7) is 3.90. The zero-order valence-electron chi connectivity index (χ0n) is 13.5. The summed E-state index contributed by atoms with van der Waals surface area (Å²) in [5.74, 6) is 0.569. The topological polar surface area (TPSA) is 59.9 Å². The molecule has 0 heterocycles. The standard InChI is InChI=1S/C18H16BrClN2O3/c1-3-8-25-17-15(20)9-12(10-16(17)24-2)11-21-22-18(23)13-6-4-5-7-14(13)19/h3-7,9-11H,1,8H2,2H3,(H,22,23)/b21-11-. The van der Waals surface area contributed by atoms with Crippen molar-refractivity contribution in [2.45, 2.75) is 0 Å². The fourth-order valence-corrected chi connectivity index (χ4v) is 2.71. The zero-order valence-corrected chi connectivity index (χ0v) is 15.8. The number of halogens is 2. The molecule has 0 radical (unpaired) electrons. The first-order chi connectivity index (χ1) is 12.1. The molecule has 0 aliphatic heterocycles. The maximum Gasteiger partial charge on any atom is 0.272 e. The van der Waals surface area contributed by atoms with Crippen molar-refractivity contribution in [2.75, 3.05) is 13.7 Å². The summed E-state index contributed by atoms with van der Waals surface area (Å²) < 4.78 is 11.5. The van der Waals surface area contributed by atoms with Gasteiger partial charge in [0.25, 0.3) is 5.91 Å². The first-order valence-corrected chi connectivity index (χ1v) is 8.43. The number of hydrazone groups is 1. The number of hydrogen-bond donors (Lipinski definition) is 1. The largest absolute Gasteiger partial charge is 0.493 e. The van der Waals surface area contributed by atoms with E-state index in [0.717, 1.165) is 0 Å². The average molecular weight is 424 g/mol. The minimum absolute atomic E-state index is 0.311. The second kappa shape index (κ2) is 9.25. The van der Waals surface area contributed by atoms with Gasteiger partial charge in [0, 0.05) is 4.47 Å². The molecule has 5 nitrogen and oxygen atoms in total. The molecule has 0 aliphatic carbocycles. The molecule has 0 atom stereocenters. The molecule has 0 saturated carbocycles. The Morgan fingerprint density at radius 1 is 1.40 bits per heavy atom. The van der Waals surface area contributed by atoms with E-state index in [0.29, 0.717) is 38.7 Å². The van der Waals surface area contributed by atoms with E-state index in [1.54, 1.807) is 36.4 Å². The van der Waals surface area contributed by atoms with Crippen LogP contribution in [0.15, 0.2) is 58.6 Å². The van der Waals surface area contributed by atoms with E-state index in [-0.39, 0.29) is 5.91 Å². The SMILES string of the molecule is C=CCOc1c(Cl)cc(/C=N\NC(=O)c2ccccc2Br)cc1OC. The molecule has 0 bridgehead atoms. The lowest BCUT2D eigenvalue weighted by molar-refractivity contribution is 0.0954. The van der Waals surface area contributed by atoms with Gasteiger partial charge in [-0.25, -0.2) is 5.43 Å². The van der Waals surface area contributed by atoms with Gasteiger partial charge >= 0.3 is 0 Å². The molecule has 0 unspecified atom stereocenters. The van der Waals surface area contributed by atoms with Crippen LogP contribution < -0.4 is 14.9 Å². The third-order valence-corrected chi connectivity index (χ3v) is 4.07. The predicted molar refractivity (Wildman–Crippen MR) is 103 cm³/mol. The highest BCUT2D eigenvalue weighted by Gasteiger charge is 2.11. The minimum Gasteiger partial charge on any atom is -0.493 e. The monoisotopic (exact) mass is 422 g/mol. The minimum atomic E-state index is -0.326. The lowest BCUT2D eigenvalue weighted by Crippen LogP contribution is -2.18. The molecule has 25 heavy (non-hydrogen) atoms. The number of nitrogens with one attached hydrogen (secondary N) is 1. The number of ether oxygens (including phenoxy) is 2. The highest BCUT2D eigenvalue weighted by molar-refractivity contribution is 9.10. The van der Waals surface area contributed by atoms with Crippen molar-refractivity contribution in [1.29, 1.82) is 0 Å². The molecular weight excluding hydrogens is 408 g/mol. The van der Waals surface area contributed by atoms with Crippen LogP contribution in [-0.4, -0.2) is 25.8 Å². The third kappa shape index (κ3) is 5.08. The van der Waals surface area contributed by atoms with Gasteiger partial charge in [-0.05, 0) is 45.8 Å². The maximum atomic E-state index is 12.1. The molecule has 0 aromatic heterocycles. The van der Waals surface area contributed by atoms with Gasteiger partial charge in [-0.3, -0.25) is 4.79 Å². The molecule has 0 aliphatic rings. The van der Waals surface area contributed by atoms with E-state index in [1.807, 2.05) is 6.07 Å². The molecular formula is C18H16BrClN2O3. The van der Waals surface area contributed by atoms with Crippen LogP contribution in [0.4, 0.5) is 0 Å². The van der Waals surface area contributed by atoms with Gasteiger partial charge in [0.05, 0.1) is 23.9 Å². The molecule has 1 N–H and O–H groups in total. The first kappa shape index (κ1) is 19.0. The Morgan fingerprint density at radius 2 is 2.16 bits per heavy atom. The fraction of sp³-hybridized carbons (Fsp3) is 0.111. The summed E-state index contributed by atoms with van der Waals surface area (Å²) in [5, 5.41) is 4.33. The molecule has 2 aromatic rings. The van der Waals surface area contributed by atoms with Gasteiger partial charge in [-0.2, -0.15) is 5.10 Å². The van der Waals surface area contributed by atoms with Gasteiger partial charge in [-0.15, -0.1) is 0 Å². The van der Waals surface area contributed by atoms with Crippen molar-refractivity contribution in [3.63, 3.8) is 0 Å². The number of nitrogens with zero attached hydrogens (tertiary/aromatic N) is 1. The molecule has 7 heteroatoms. The molecule has 0 saturated heterocycles. The number of hydrogen-bond acceptors (Lipinski definition) is 4. The Labute approximate surface area is 159 Å². The zero-order chi connectivity index (χ0) is 18.2. The number of carbonyl (C=O) groups is 1. The quantitative estimate of drug-likeness (QED) is 0.407. The van der Waals surface area contributed by atoms with Crippen LogP contribution in [0.5, 0.6) is 11.5 Å². The van der Waals surface area contributed by atoms with Crippen LogP contribution in [0.1, 0.15) is 15.9 Å². The lowest BCUT2D eigenvalue weighted by Gasteiger charge is -2.11. The summed E-state index contributed by atoms with van der Waals surface area (Å²) in [5.41, 5.74) is 3.61. The Kier molecular flexibility index (Phi) is 7.03. The summed E-state index contributed by atoms with van der Waals surface area (Å²) in [6.07, 6.45) is 3.09. The Bertz CT molecular complexity index is 809. The second-order valence-electron chi connectivity index (χ2n) is 4.81. The number of rotatable bonds is 7. The van der Waals surface area contributed by atoms with E-state index >= 15 is 0 Å². The van der Waals surface area contributed by atoms with Crippen molar-refractivity contribution < 1.29 is 14.3 Å². The number of amides is 1. The number of benzene rings is 2.